The van der Waals surface area contributed by atoms with Crippen LogP contribution in [-0.2, 0) is 9.53 Å². The van der Waals surface area contributed by atoms with Gasteiger partial charge in [-0.1, -0.05) is 35.0 Å². The first-order valence-electron chi connectivity index (χ1n) is 7.43. The second kappa shape index (κ2) is 8.13. The van der Waals surface area contributed by atoms with Crippen LogP contribution >= 0.6 is 15.9 Å². The molecule has 0 fully saturated rings. The molecule has 1 aromatic heterocycles. The maximum absolute atomic E-state index is 12.1. The summed E-state index contributed by atoms with van der Waals surface area (Å²) in [6.45, 7) is 4.31. The predicted octanol–water partition coefficient (Wildman–Crippen LogP) is 4.67. The number of esters is 1. The second-order valence-electron chi connectivity index (χ2n) is 5.20. The van der Waals surface area contributed by atoms with Crippen LogP contribution in [0.25, 0.3) is 0 Å². The van der Waals surface area contributed by atoms with Gasteiger partial charge in [0.05, 0.1) is 12.8 Å². The van der Waals surface area contributed by atoms with E-state index in [0.29, 0.717) is 24.8 Å². The number of rotatable bonds is 7. The van der Waals surface area contributed by atoms with Crippen molar-refractivity contribution in [3.8, 4) is 0 Å². The Morgan fingerprint density at radius 2 is 2.05 bits per heavy atom. The molecule has 0 saturated carbocycles. The van der Waals surface area contributed by atoms with Crippen molar-refractivity contribution in [3.05, 3.63) is 52.7 Å². The summed E-state index contributed by atoms with van der Waals surface area (Å²) in [6.07, 6.45) is 4.55. The average molecular weight is 366 g/mol. The van der Waals surface area contributed by atoms with Crippen LogP contribution in [0.3, 0.4) is 0 Å². The van der Waals surface area contributed by atoms with E-state index >= 15 is 0 Å². The normalized spacial score (nSPS) is 13.6. The molecule has 0 radical (unpaired) electrons. The second-order valence-corrected chi connectivity index (χ2v) is 6.12. The first-order chi connectivity index (χ1) is 10.6. The molecule has 0 bridgehead atoms. The molecule has 0 N–H and O–H groups in total. The number of ether oxygens (including phenoxy) is 1. The van der Waals surface area contributed by atoms with E-state index < -0.39 is 5.92 Å². The van der Waals surface area contributed by atoms with Crippen LogP contribution in [0.15, 0.2) is 45.6 Å². The molecule has 0 aliphatic carbocycles. The van der Waals surface area contributed by atoms with Crippen molar-refractivity contribution in [2.75, 3.05) is 6.61 Å². The number of halogens is 1. The lowest BCUT2D eigenvalue weighted by Gasteiger charge is -2.16. The molecule has 0 aliphatic rings. The topological polar surface area (TPSA) is 52.3 Å². The van der Waals surface area contributed by atoms with Gasteiger partial charge >= 0.3 is 5.97 Å². The molecule has 2 unspecified atom stereocenters. The molecule has 22 heavy (non-hydrogen) atoms. The van der Waals surface area contributed by atoms with E-state index in [1.807, 2.05) is 12.1 Å². The largest absolute Gasteiger partial charge is 0.465 e. The van der Waals surface area contributed by atoms with Crippen LogP contribution in [0.5, 0.6) is 0 Å². The zero-order valence-corrected chi connectivity index (χ0v) is 14.4. The van der Waals surface area contributed by atoms with Gasteiger partial charge in [0.25, 0.3) is 0 Å². The van der Waals surface area contributed by atoms with Crippen molar-refractivity contribution >= 4 is 21.9 Å². The summed E-state index contributed by atoms with van der Waals surface area (Å²) in [7, 11) is 0. The number of carbonyl (C=O) groups is 1. The van der Waals surface area contributed by atoms with Gasteiger partial charge in [-0.3, -0.25) is 4.79 Å². The Hall–Kier alpha value is -1.62. The molecule has 4 nitrogen and oxygen atoms in total. The van der Waals surface area contributed by atoms with Crippen LogP contribution in [0.1, 0.15) is 50.0 Å². The van der Waals surface area contributed by atoms with E-state index in [4.69, 9.17) is 9.15 Å². The molecular formula is C17H20BrNO3. The number of hydrogen-bond donors (Lipinski definition) is 0. The monoisotopic (exact) mass is 365 g/mol. The lowest BCUT2D eigenvalue weighted by Crippen LogP contribution is -2.17. The highest BCUT2D eigenvalue weighted by molar-refractivity contribution is 9.10. The van der Waals surface area contributed by atoms with Crippen molar-refractivity contribution < 1.29 is 13.9 Å². The van der Waals surface area contributed by atoms with Crippen LogP contribution in [0, 0.1) is 0 Å². The molecule has 118 valence electrons. The highest BCUT2D eigenvalue weighted by atomic mass is 79.9. The quantitative estimate of drug-likeness (QED) is 0.669. The summed E-state index contributed by atoms with van der Waals surface area (Å²) in [5.74, 6) is 0.0715. The molecular weight excluding hydrogens is 346 g/mol. The molecule has 2 rings (SSSR count). The zero-order chi connectivity index (χ0) is 15.9. The van der Waals surface area contributed by atoms with Gasteiger partial charge in [0.2, 0.25) is 5.89 Å². The Morgan fingerprint density at radius 1 is 1.32 bits per heavy atom. The van der Waals surface area contributed by atoms with E-state index in [1.54, 1.807) is 13.1 Å². The third kappa shape index (κ3) is 4.44. The molecule has 2 aromatic rings. The van der Waals surface area contributed by atoms with Crippen molar-refractivity contribution in [3.63, 3.8) is 0 Å². The summed E-state index contributed by atoms with van der Waals surface area (Å²) in [5, 5.41) is 0. The highest BCUT2D eigenvalue weighted by Crippen LogP contribution is 2.28. The fourth-order valence-electron chi connectivity index (χ4n) is 2.37. The molecule has 1 heterocycles. The van der Waals surface area contributed by atoms with Crippen LogP contribution in [0.2, 0.25) is 0 Å². The maximum Gasteiger partial charge on any atom is 0.318 e. The minimum absolute atomic E-state index is 0.270. The van der Waals surface area contributed by atoms with Crippen LogP contribution < -0.4 is 0 Å². The third-order valence-electron chi connectivity index (χ3n) is 3.65. The van der Waals surface area contributed by atoms with Gasteiger partial charge in [0, 0.05) is 4.47 Å². The number of benzene rings is 1. The van der Waals surface area contributed by atoms with Crippen LogP contribution in [0.4, 0.5) is 0 Å². The SMILES string of the molecule is CCOC(=O)C(CCC(C)c1ccc(Br)cc1)c1ncco1. The van der Waals surface area contributed by atoms with E-state index in [2.05, 4.69) is 40.0 Å². The molecule has 0 saturated heterocycles. The summed E-state index contributed by atoms with van der Waals surface area (Å²) >= 11 is 3.44. The van der Waals surface area contributed by atoms with E-state index in [1.165, 1.54) is 11.8 Å². The first-order valence-corrected chi connectivity index (χ1v) is 8.22. The fourth-order valence-corrected chi connectivity index (χ4v) is 2.63. The van der Waals surface area contributed by atoms with Crippen molar-refractivity contribution in [2.45, 2.75) is 38.5 Å². The molecule has 0 amide bonds. The van der Waals surface area contributed by atoms with Crippen molar-refractivity contribution in [1.29, 1.82) is 0 Å². The smallest absolute Gasteiger partial charge is 0.318 e. The van der Waals surface area contributed by atoms with Gasteiger partial charge in [0.15, 0.2) is 0 Å². The Balaban J connectivity index is 2.01. The third-order valence-corrected chi connectivity index (χ3v) is 4.18. The summed E-state index contributed by atoms with van der Waals surface area (Å²) in [6, 6.07) is 8.25. The summed E-state index contributed by atoms with van der Waals surface area (Å²) in [5.41, 5.74) is 1.25. The van der Waals surface area contributed by atoms with Gasteiger partial charge in [-0.05, 0) is 43.4 Å². The standard InChI is InChI=1S/C17H20BrNO3/c1-3-21-17(20)15(16-19-10-11-22-16)9-4-12(2)13-5-7-14(18)8-6-13/h5-8,10-12,15H,3-4,9H2,1-2H3. The number of oxazole rings is 1. The molecule has 1 aromatic carbocycles. The molecule has 0 spiro atoms. The van der Waals surface area contributed by atoms with E-state index in [9.17, 15) is 4.79 Å². The first kappa shape index (κ1) is 16.7. The number of nitrogens with zero attached hydrogens (tertiary/aromatic N) is 1. The minimum Gasteiger partial charge on any atom is -0.465 e. The van der Waals surface area contributed by atoms with Gasteiger partial charge < -0.3 is 9.15 Å². The van der Waals surface area contributed by atoms with E-state index in [-0.39, 0.29) is 5.97 Å². The lowest BCUT2D eigenvalue weighted by molar-refractivity contribution is -0.145. The predicted molar refractivity (Wildman–Crippen MR) is 87.7 cm³/mol. The Kier molecular flexibility index (Phi) is 6.19. The Labute approximate surface area is 139 Å². The molecule has 5 heteroatoms. The number of hydrogen-bond acceptors (Lipinski definition) is 4. The van der Waals surface area contributed by atoms with E-state index in [0.717, 1.165) is 10.9 Å². The maximum atomic E-state index is 12.1. The van der Waals surface area contributed by atoms with Gasteiger partial charge in [-0.2, -0.15) is 0 Å². The molecule has 2 atom stereocenters. The summed E-state index contributed by atoms with van der Waals surface area (Å²) in [4.78, 5) is 16.2. The Bertz CT molecular complexity index is 580. The zero-order valence-electron chi connectivity index (χ0n) is 12.8. The average Bonchev–Trinajstić information content (AvgIpc) is 3.02. The number of aromatic nitrogens is 1. The van der Waals surface area contributed by atoms with Crippen LogP contribution in [-0.4, -0.2) is 17.6 Å². The molecule has 0 aliphatic heterocycles. The minimum atomic E-state index is -0.437. The number of carbonyl (C=O) groups excluding carboxylic acids is 1. The van der Waals surface area contributed by atoms with Gasteiger partial charge in [0.1, 0.15) is 12.2 Å². The highest BCUT2D eigenvalue weighted by Gasteiger charge is 2.26. The van der Waals surface area contributed by atoms with Gasteiger partial charge in [-0.25, -0.2) is 4.98 Å². The van der Waals surface area contributed by atoms with Gasteiger partial charge in [-0.15, -0.1) is 0 Å². The Morgan fingerprint density at radius 3 is 2.64 bits per heavy atom. The van der Waals surface area contributed by atoms with Crippen molar-refractivity contribution in [2.24, 2.45) is 0 Å². The lowest BCUT2D eigenvalue weighted by atomic mass is 9.91. The fraction of sp³-hybridized carbons (Fsp3) is 0.412. The summed E-state index contributed by atoms with van der Waals surface area (Å²) < 4.78 is 11.5. The van der Waals surface area contributed by atoms with Crippen molar-refractivity contribution in [1.82, 2.24) is 4.98 Å².